The monoisotopic (exact) mass is 342 g/mol. The molecule has 1 aliphatic heterocycles. The quantitative estimate of drug-likeness (QED) is 0.773. The van der Waals surface area contributed by atoms with E-state index in [0.29, 0.717) is 11.7 Å². The van der Waals surface area contributed by atoms with Gasteiger partial charge in [-0.1, -0.05) is 0 Å². The molecule has 25 heavy (non-hydrogen) atoms. The number of carbonyl (C=O) groups is 1. The number of rotatable bonds is 7. The second kappa shape index (κ2) is 6.98. The Morgan fingerprint density at radius 1 is 1.32 bits per heavy atom. The van der Waals surface area contributed by atoms with Crippen molar-refractivity contribution in [2.24, 2.45) is 5.92 Å². The highest BCUT2D eigenvalue weighted by Gasteiger charge is 2.31. The normalized spacial score (nSPS) is 20.4. The third-order valence-electron chi connectivity index (χ3n) is 5.42. The summed E-state index contributed by atoms with van der Waals surface area (Å²) in [5, 5.41) is 12.6. The van der Waals surface area contributed by atoms with Gasteiger partial charge in [-0.2, -0.15) is 5.10 Å². The SMILES string of the molecule is CCn1nccc1C(=O)N1CCCC1CCc1nncn1CC1CC1. The van der Waals surface area contributed by atoms with Crippen molar-refractivity contribution in [3.8, 4) is 0 Å². The Labute approximate surface area is 148 Å². The van der Waals surface area contributed by atoms with Crippen molar-refractivity contribution in [1.82, 2.24) is 29.4 Å². The van der Waals surface area contributed by atoms with Crippen molar-refractivity contribution in [2.75, 3.05) is 6.54 Å². The Morgan fingerprint density at radius 2 is 2.20 bits per heavy atom. The standard InChI is InChI=1S/C18H26N6O/c1-2-24-16(9-10-20-24)18(25)23-11-3-4-15(23)7-8-17-21-19-13-22(17)12-14-5-6-14/h9-10,13-15H,2-8,11-12H2,1H3. The number of hydrogen-bond donors (Lipinski definition) is 0. The molecule has 1 aliphatic carbocycles. The molecule has 3 heterocycles. The van der Waals surface area contributed by atoms with E-state index in [-0.39, 0.29) is 5.91 Å². The second-order valence-corrected chi connectivity index (χ2v) is 7.21. The summed E-state index contributed by atoms with van der Waals surface area (Å²) in [6.45, 7) is 4.62. The molecule has 0 N–H and O–H groups in total. The van der Waals surface area contributed by atoms with Crippen molar-refractivity contribution in [1.29, 1.82) is 0 Å². The van der Waals surface area contributed by atoms with Crippen LogP contribution in [0.15, 0.2) is 18.6 Å². The maximum atomic E-state index is 12.9. The van der Waals surface area contributed by atoms with Gasteiger partial charge in [0.2, 0.25) is 0 Å². The van der Waals surface area contributed by atoms with Gasteiger partial charge in [-0.15, -0.1) is 10.2 Å². The van der Waals surface area contributed by atoms with E-state index in [2.05, 4.69) is 19.9 Å². The van der Waals surface area contributed by atoms with Crippen LogP contribution >= 0.6 is 0 Å². The van der Waals surface area contributed by atoms with Crippen molar-refractivity contribution in [2.45, 2.75) is 64.6 Å². The topological polar surface area (TPSA) is 68.8 Å². The molecule has 0 bridgehead atoms. The zero-order valence-electron chi connectivity index (χ0n) is 14.8. The Balaban J connectivity index is 1.40. The molecule has 7 heteroatoms. The predicted molar refractivity (Wildman–Crippen MR) is 93.0 cm³/mol. The van der Waals surface area contributed by atoms with Crippen LogP contribution in [-0.4, -0.2) is 47.9 Å². The molecule has 2 aromatic rings. The molecule has 1 saturated heterocycles. The summed E-state index contributed by atoms with van der Waals surface area (Å²) in [7, 11) is 0. The molecule has 1 unspecified atom stereocenters. The van der Waals surface area contributed by atoms with Gasteiger partial charge in [-0.3, -0.25) is 9.48 Å². The average Bonchev–Trinajstić information content (AvgIpc) is 3.05. The summed E-state index contributed by atoms with van der Waals surface area (Å²) in [5.74, 6) is 1.99. The van der Waals surface area contributed by atoms with E-state index in [1.54, 1.807) is 10.9 Å². The number of hydrogen-bond acceptors (Lipinski definition) is 4. The third-order valence-corrected chi connectivity index (χ3v) is 5.42. The van der Waals surface area contributed by atoms with Crippen LogP contribution in [0.2, 0.25) is 0 Å². The first kappa shape index (κ1) is 16.3. The number of aromatic nitrogens is 5. The van der Waals surface area contributed by atoms with Gasteiger partial charge in [-0.25, -0.2) is 0 Å². The molecular weight excluding hydrogens is 316 g/mol. The second-order valence-electron chi connectivity index (χ2n) is 7.21. The van der Waals surface area contributed by atoms with Crippen molar-refractivity contribution < 1.29 is 4.79 Å². The Bertz CT molecular complexity index is 732. The van der Waals surface area contributed by atoms with Gasteiger partial charge in [-0.05, 0) is 51.0 Å². The molecule has 0 aromatic carbocycles. The fourth-order valence-electron chi connectivity index (χ4n) is 3.82. The lowest BCUT2D eigenvalue weighted by Gasteiger charge is -2.25. The summed E-state index contributed by atoms with van der Waals surface area (Å²) >= 11 is 0. The minimum Gasteiger partial charge on any atom is -0.334 e. The lowest BCUT2D eigenvalue weighted by atomic mass is 10.1. The maximum absolute atomic E-state index is 12.9. The fourth-order valence-corrected chi connectivity index (χ4v) is 3.82. The Hall–Kier alpha value is -2.18. The first-order chi connectivity index (χ1) is 12.3. The van der Waals surface area contributed by atoms with E-state index >= 15 is 0 Å². The summed E-state index contributed by atoms with van der Waals surface area (Å²) in [6.07, 6.45) is 10.2. The van der Waals surface area contributed by atoms with E-state index in [1.807, 2.05) is 24.2 Å². The number of nitrogens with zero attached hydrogens (tertiary/aromatic N) is 6. The molecule has 1 atom stereocenters. The first-order valence-corrected chi connectivity index (χ1v) is 9.45. The van der Waals surface area contributed by atoms with Crippen LogP contribution in [-0.2, 0) is 19.5 Å². The summed E-state index contributed by atoms with van der Waals surface area (Å²) < 4.78 is 3.98. The van der Waals surface area contributed by atoms with Crippen LogP contribution < -0.4 is 0 Å². The van der Waals surface area contributed by atoms with Gasteiger partial charge in [0, 0.05) is 38.3 Å². The highest BCUT2D eigenvalue weighted by atomic mass is 16.2. The van der Waals surface area contributed by atoms with Crippen LogP contribution in [0.4, 0.5) is 0 Å². The molecule has 2 aliphatic rings. The molecular formula is C18H26N6O. The molecule has 7 nitrogen and oxygen atoms in total. The predicted octanol–water partition coefficient (Wildman–Crippen LogP) is 2.14. The van der Waals surface area contributed by atoms with E-state index in [1.165, 1.54) is 12.8 Å². The minimum atomic E-state index is 0.112. The maximum Gasteiger partial charge on any atom is 0.272 e. The highest BCUT2D eigenvalue weighted by molar-refractivity contribution is 5.92. The molecule has 0 radical (unpaired) electrons. The number of amides is 1. The Morgan fingerprint density at radius 3 is 3.00 bits per heavy atom. The number of likely N-dealkylation sites (tertiary alicyclic amines) is 1. The van der Waals surface area contributed by atoms with E-state index in [9.17, 15) is 4.79 Å². The Kier molecular flexibility index (Phi) is 4.55. The number of carbonyl (C=O) groups excluding carboxylic acids is 1. The van der Waals surface area contributed by atoms with Crippen LogP contribution in [0.25, 0.3) is 0 Å². The molecule has 1 saturated carbocycles. The van der Waals surface area contributed by atoms with Crippen LogP contribution in [0, 0.1) is 5.92 Å². The fraction of sp³-hybridized carbons (Fsp3) is 0.667. The lowest BCUT2D eigenvalue weighted by molar-refractivity contribution is 0.0717. The van der Waals surface area contributed by atoms with Gasteiger partial charge < -0.3 is 9.47 Å². The van der Waals surface area contributed by atoms with Crippen molar-refractivity contribution in [3.05, 3.63) is 30.1 Å². The lowest BCUT2D eigenvalue weighted by Crippen LogP contribution is -2.37. The molecule has 134 valence electrons. The largest absolute Gasteiger partial charge is 0.334 e. The molecule has 0 spiro atoms. The zero-order valence-corrected chi connectivity index (χ0v) is 14.8. The summed E-state index contributed by atoms with van der Waals surface area (Å²) in [4.78, 5) is 14.9. The summed E-state index contributed by atoms with van der Waals surface area (Å²) in [5.41, 5.74) is 0.700. The smallest absolute Gasteiger partial charge is 0.272 e. The molecule has 2 fully saturated rings. The van der Waals surface area contributed by atoms with Crippen LogP contribution in [0.3, 0.4) is 0 Å². The molecule has 1 amide bonds. The van der Waals surface area contributed by atoms with E-state index in [4.69, 9.17) is 0 Å². The minimum absolute atomic E-state index is 0.112. The van der Waals surface area contributed by atoms with Gasteiger partial charge in [0.15, 0.2) is 0 Å². The van der Waals surface area contributed by atoms with E-state index in [0.717, 1.165) is 57.1 Å². The zero-order chi connectivity index (χ0) is 17.2. The van der Waals surface area contributed by atoms with E-state index < -0.39 is 0 Å². The van der Waals surface area contributed by atoms with Crippen molar-refractivity contribution in [3.63, 3.8) is 0 Å². The van der Waals surface area contributed by atoms with Crippen LogP contribution in [0.5, 0.6) is 0 Å². The summed E-state index contributed by atoms with van der Waals surface area (Å²) in [6, 6.07) is 2.12. The van der Waals surface area contributed by atoms with Crippen LogP contribution in [0.1, 0.15) is 55.3 Å². The third kappa shape index (κ3) is 3.45. The van der Waals surface area contributed by atoms with Gasteiger partial charge in [0.25, 0.3) is 5.91 Å². The average molecular weight is 342 g/mol. The molecule has 4 rings (SSSR count). The van der Waals surface area contributed by atoms with Gasteiger partial charge in [0.1, 0.15) is 17.8 Å². The highest BCUT2D eigenvalue weighted by Crippen LogP contribution is 2.31. The number of aryl methyl sites for hydroxylation is 2. The first-order valence-electron chi connectivity index (χ1n) is 9.45. The molecule has 2 aromatic heterocycles. The van der Waals surface area contributed by atoms with Gasteiger partial charge in [0.05, 0.1) is 0 Å². The van der Waals surface area contributed by atoms with Gasteiger partial charge >= 0.3 is 0 Å². The van der Waals surface area contributed by atoms with Crippen molar-refractivity contribution >= 4 is 5.91 Å².